The van der Waals surface area contributed by atoms with Gasteiger partial charge in [0.15, 0.2) is 0 Å². The predicted octanol–water partition coefficient (Wildman–Crippen LogP) is 3.66. The first-order valence-corrected chi connectivity index (χ1v) is 7.78. The van der Waals surface area contributed by atoms with Gasteiger partial charge in [0.1, 0.15) is 0 Å². The Labute approximate surface area is 117 Å². The molecule has 2 aromatic rings. The van der Waals surface area contributed by atoms with E-state index in [0.29, 0.717) is 5.92 Å². The Balaban J connectivity index is 1.92. The van der Waals surface area contributed by atoms with Crippen molar-refractivity contribution in [3.8, 4) is 0 Å². The second-order valence-electron chi connectivity index (χ2n) is 4.85. The molecule has 0 fully saturated rings. The standard InChI is InChI=1S/C13H19N3S2/c1-9(2)13-15-11(8-17-13)6-16(4)7-12-5-14-10(3)18-12/h5,8-9H,6-7H2,1-4H3. The lowest BCUT2D eigenvalue weighted by molar-refractivity contribution is 0.318. The molecule has 0 bridgehead atoms. The lowest BCUT2D eigenvalue weighted by Gasteiger charge is -2.13. The van der Waals surface area contributed by atoms with Gasteiger partial charge in [-0.25, -0.2) is 9.97 Å². The minimum Gasteiger partial charge on any atom is -0.295 e. The molecular formula is C13H19N3S2. The van der Waals surface area contributed by atoms with Gasteiger partial charge in [0, 0.05) is 35.5 Å². The van der Waals surface area contributed by atoms with E-state index in [2.05, 4.69) is 41.1 Å². The molecule has 2 rings (SSSR count). The van der Waals surface area contributed by atoms with Crippen molar-refractivity contribution in [3.05, 3.63) is 32.2 Å². The minimum absolute atomic E-state index is 0.526. The van der Waals surface area contributed by atoms with Crippen molar-refractivity contribution >= 4 is 22.7 Å². The maximum absolute atomic E-state index is 4.66. The summed E-state index contributed by atoms with van der Waals surface area (Å²) in [5.41, 5.74) is 1.17. The van der Waals surface area contributed by atoms with Gasteiger partial charge in [-0.3, -0.25) is 4.90 Å². The topological polar surface area (TPSA) is 29.0 Å². The van der Waals surface area contributed by atoms with Crippen molar-refractivity contribution in [2.24, 2.45) is 0 Å². The van der Waals surface area contributed by atoms with E-state index in [0.717, 1.165) is 18.1 Å². The molecule has 18 heavy (non-hydrogen) atoms. The zero-order valence-electron chi connectivity index (χ0n) is 11.3. The molecule has 0 amide bonds. The fourth-order valence-corrected chi connectivity index (χ4v) is 3.44. The molecule has 98 valence electrons. The summed E-state index contributed by atoms with van der Waals surface area (Å²) in [6, 6.07) is 0. The lowest BCUT2D eigenvalue weighted by Crippen LogP contribution is -2.16. The van der Waals surface area contributed by atoms with Gasteiger partial charge < -0.3 is 0 Å². The third-order valence-electron chi connectivity index (χ3n) is 2.59. The number of rotatable bonds is 5. The van der Waals surface area contributed by atoms with Crippen LogP contribution in [0, 0.1) is 6.92 Å². The first-order valence-electron chi connectivity index (χ1n) is 6.08. The van der Waals surface area contributed by atoms with E-state index < -0.39 is 0 Å². The summed E-state index contributed by atoms with van der Waals surface area (Å²) in [5, 5.41) is 4.53. The molecule has 3 nitrogen and oxygen atoms in total. The van der Waals surface area contributed by atoms with Crippen molar-refractivity contribution in [3.63, 3.8) is 0 Å². The SMILES string of the molecule is Cc1ncc(CN(C)Cc2csc(C(C)C)n2)s1. The van der Waals surface area contributed by atoms with Crippen LogP contribution in [-0.4, -0.2) is 21.9 Å². The molecule has 5 heteroatoms. The molecule has 0 atom stereocenters. The highest BCUT2D eigenvalue weighted by Gasteiger charge is 2.09. The molecule has 0 spiro atoms. The number of hydrogen-bond acceptors (Lipinski definition) is 5. The predicted molar refractivity (Wildman–Crippen MR) is 78.2 cm³/mol. The van der Waals surface area contributed by atoms with Crippen molar-refractivity contribution in [2.75, 3.05) is 7.05 Å². The molecule has 0 aliphatic heterocycles. The quantitative estimate of drug-likeness (QED) is 0.837. The highest BCUT2D eigenvalue weighted by atomic mass is 32.1. The monoisotopic (exact) mass is 281 g/mol. The molecular weight excluding hydrogens is 262 g/mol. The summed E-state index contributed by atoms with van der Waals surface area (Å²) >= 11 is 3.53. The van der Waals surface area contributed by atoms with Crippen LogP contribution in [0.1, 0.15) is 40.4 Å². The summed E-state index contributed by atoms with van der Waals surface area (Å²) in [6.45, 7) is 8.27. The summed E-state index contributed by atoms with van der Waals surface area (Å²) in [4.78, 5) is 12.5. The molecule has 2 aromatic heterocycles. The number of aryl methyl sites for hydroxylation is 1. The summed E-state index contributed by atoms with van der Waals surface area (Å²) in [6.07, 6.45) is 1.97. The van der Waals surface area contributed by atoms with Gasteiger partial charge in [0.25, 0.3) is 0 Å². The molecule has 0 aliphatic rings. The molecule has 0 N–H and O–H groups in total. The van der Waals surface area contributed by atoms with E-state index in [1.165, 1.54) is 15.6 Å². The van der Waals surface area contributed by atoms with Crippen molar-refractivity contribution in [1.82, 2.24) is 14.9 Å². The van der Waals surface area contributed by atoms with Gasteiger partial charge in [-0.2, -0.15) is 0 Å². The van der Waals surface area contributed by atoms with Crippen molar-refractivity contribution < 1.29 is 0 Å². The summed E-state index contributed by atoms with van der Waals surface area (Å²) in [7, 11) is 2.13. The van der Waals surface area contributed by atoms with Crippen LogP contribution in [0.5, 0.6) is 0 Å². The first-order chi connectivity index (χ1) is 8.54. The molecule has 0 radical (unpaired) electrons. The Kier molecular flexibility index (Phi) is 4.48. The van der Waals surface area contributed by atoms with Crippen LogP contribution in [0.15, 0.2) is 11.6 Å². The average Bonchev–Trinajstić information content (AvgIpc) is 2.88. The van der Waals surface area contributed by atoms with Crippen molar-refractivity contribution in [1.29, 1.82) is 0 Å². The Morgan fingerprint density at radius 3 is 2.67 bits per heavy atom. The molecule has 2 heterocycles. The Bertz CT molecular complexity index is 502. The number of aromatic nitrogens is 2. The van der Waals surface area contributed by atoms with Crippen LogP contribution in [0.3, 0.4) is 0 Å². The minimum atomic E-state index is 0.526. The van der Waals surface area contributed by atoms with Gasteiger partial charge in [-0.1, -0.05) is 13.8 Å². The van der Waals surface area contributed by atoms with Crippen LogP contribution in [0.25, 0.3) is 0 Å². The Morgan fingerprint density at radius 1 is 1.33 bits per heavy atom. The number of thiazole rings is 2. The number of nitrogens with zero attached hydrogens (tertiary/aromatic N) is 3. The van der Waals surface area contributed by atoms with E-state index in [9.17, 15) is 0 Å². The van der Waals surface area contributed by atoms with Gasteiger partial charge in [-0.05, 0) is 14.0 Å². The Hall–Kier alpha value is -0.780. The molecule has 0 saturated heterocycles. The molecule has 0 aliphatic carbocycles. The highest BCUT2D eigenvalue weighted by molar-refractivity contribution is 7.11. The van der Waals surface area contributed by atoms with E-state index in [-0.39, 0.29) is 0 Å². The maximum atomic E-state index is 4.66. The van der Waals surface area contributed by atoms with Gasteiger partial charge in [0.05, 0.1) is 15.7 Å². The first kappa shape index (κ1) is 13.6. The van der Waals surface area contributed by atoms with Crippen molar-refractivity contribution in [2.45, 2.75) is 39.8 Å². The van der Waals surface area contributed by atoms with Crippen LogP contribution in [0.2, 0.25) is 0 Å². The largest absolute Gasteiger partial charge is 0.295 e. The van der Waals surface area contributed by atoms with E-state index in [1.54, 1.807) is 22.7 Å². The maximum Gasteiger partial charge on any atom is 0.0954 e. The second-order valence-corrected chi connectivity index (χ2v) is 7.06. The van der Waals surface area contributed by atoms with Crippen LogP contribution >= 0.6 is 22.7 Å². The van der Waals surface area contributed by atoms with Crippen LogP contribution < -0.4 is 0 Å². The fourth-order valence-electron chi connectivity index (χ4n) is 1.74. The number of hydrogen-bond donors (Lipinski definition) is 0. The van der Waals surface area contributed by atoms with E-state index in [1.807, 2.05) is 13.1 Å². The fraction of sp³-hybridized carbons (Fsp3) is 0.538. The zero-order valence-corrected chi connectivity index (χ0v) is 12.9. The lowest BCUT2D eigenvalue weighted by atomic mass is 10.2. The zero-order chi connectivity index (χ0) is 13.1. The van der Waals surface area contributed by atoms with Gasteiger partial charge in [-0.15, -0.1) is 22.7 Å². The molecule has 0 aromatic carbocycles. The molecule has 0 unspecified atom stereocenters. The normalized spacial score (nSPS) is 11.7. The second kappa shape index (κ2) is 5.91. The van der Waals surface area contributed by atoms with Crippen LogP contribution in [-0.2, 0) is 13.1 Å². The third-order valence-corrected chi connectivity index (χ3v) is 4.68. The van der Waals surface area contributed by atoms with Gasteiger partial charge >= 0.3 is 0 Å². The van der Waals surface area contributed by atoms with Crippen LogP contribution in [0.4, 0.5) is 0 Å². The van der Waals surface area contributed by atoms with Gasteiger partial charge in [0.2, 0.25) is 0 Å². The smallest absolute Gasteiger partial charge is 0.0954 e. The highest BCUT2D eigenvalue weighted by Crippen LogP contribution is 2.20. The van der Waals surface area contributed by atoms with E-state index in [4.69, 9.17) is 0 Å². The molecule has 0 saturated carbocycles. The third kappa shape index (κ3) is 3.60. The van der Waals surface area contributed by atoms with E-state index >= 15 is 0 Å². The average molecular weight is 281 g/mol. The summed E-state index contributed by atoms with van der Waals surface area (Å²) < 4.78 is 0. The Morgan fingerprint density at radius 2 is 2.11 bits per heavy atom. The summed E-state index contributed by atoms with van der Waals surface area (Å²) in [5.74, 6) is 0.526.